The Morgan fingerprint density at radius 1 is 1.32 bits per heavy atom. The highest BCUT2D eigenvalue weighted by molar-refractivity contribution is 5.40. The zero-order valence-corrected chi connectivity index (χ0v) is 11.5. The largest absolute Gasteiger partial charge is 0.491 e. The number of benzene rings is 1. The van der Waals surface area contributed by atoms with Gasteiger partial charge in [0.15, 0.2) is 0 Å². The van der Waals surface area contributed by atoms with Gasteiger partial charge >= 0.3 is 0 Å². The molecule has 0 saturated heterocycles. The number of hydrogen-bond donors (Lipinski definition) is 2. The molecule has 0 bridgehead atoms. The molecular weight excluding hydrogens is 242 g/mol. The number of rotatable bonds is 8. The molecule has 1 atom stereocenters. The second-order valence-corrected chi connectivity index (χ2v) is 4.69. The van der Waals surface area contributed by atoms with Crippen molar-refractivity contribution in [1.82, 2.24) is 5.32 Å². The molecule has 106 valence electrons. The topological polar surface area (TPSA) is 50.7 Å². The van der Waals surface area contributed by atoms with E-state index in [2.05, 4.69) is 24.4 Å². The molecule has 0 saturated carbocycles. The minimum Gasteiger partial charge on any atom is -0.491 e. The minimum atomic E-state index is 0.0602. The van der Waals surface area contributed by atoms with Crippen LogP contribution in [0, 0.1) is 0 Å². The van der Waals surface area contributed by atoms with Gasteiger partial charge in [0.2, 0.25) is 0 Å². The fraction of sp³-hybridized carbons (Fsp3) is 0.600. The average molecular weight is 265 g/mol. The summed E-state index contributed by atoms with van der Waals surface area (Å²) in [4.78, 5) is 0. The van der Waals surface area contributed by atoms with Crippen molar-refractivity contribution in [3.63, 3.8) is 0 Å². The van der Waals surface area contributed by atoms with Crippen LogP contribution in [-0.2, 0) is 11.2 Å². The normalized spacial score (nSPS) is 17.5. The molecule has 0 radical (unpaired) electrons. The van der Waals surface area contributed by atoms with E-state index in [0.717, 1.165) is 18.7 Å². The molecule has 1 unspecified atom stereocenters. The lowest BCUT2D eigenvalue weighted by Crippen LogP contribution is -2.18. The van der Waals surface area contributed by atoms with E-state index in [-0.39, 0.29) is 6.61 Å². The van der Waals surface area contributed by atoms with E-state index in [1.165, 1.54) is 17.5 Å². The molecule has 0 aliphatic heterocycles. The molecule has 1 aliphatic rings. The Kier molecular flexibility index (Phi) is 5.63. The highest BCUT2D eigenvalue weighted by Gasteiger charge is 2.21. The van der Waals surface area contributed by atoms with Gasteiger partial charge in [0.05, 0.1) is 19.8 Å². The molecule has 19 heavy (non-hydrogen) atoms. The molecule has 1 aliphatic carbocycles. The summed E-state index contributed by atoms with van der Waals surface area (Å²) in [5.41, 5.74) is 2.80. The number of nitrogens with one attached hydrogen (secondary N) is 1. The first-order valence-electron chi connectivity index (χ1n) is 7.02. The van der Waals surface area contributed by atoms with Crippen LogP contribution in [0.4, 0.5) is 0 Å². The van der Waals surface area contributed by atoms with Crippen LogP contribution in [0.15, 0.2) is 18.2 Å². The van der Waals surface area contributed by atoms with Gasteiger partial charge in [0, 0.05) is 6.04 Å². The Hall–Kier alpha value is -1.10. The van der Waals surface area contributed by atoms with Crippen LogP contribution in [0.1, 0.15) is 30.5 Å². The first-order valence-corrected chi connectivity index (χ1v) is 7.02. The van der Waals surface area contributed by atoms with Gasteiger partial charge in [-0.25, -0.2) is 0 Å². The summed E-state index contributed by atoms with van der Waals surface area (Å²) in [5.74, 6) is 0.906. The fourth-order valence-corrected chi connectivity index (χ4v) is 2.53. The minimum absolute atomic E-state index is 0.0602. The maximum atomic E-state index is 8.59. The summed E-state index contributed by atoms with van der Waals surface area (Å²) < 4.78 is 10.8. The SMILES string of the molecule is CCNC1CCc2cc(OCCOCCO)ccc21. The molecular formula is C15H23NO3. The summed E-state index contributed by atoms with van der Waals surface area (Å²) >= 11 is 0. The first kappa shape index (κ1) is 14.3. The van der Waals surface area contributed by atoms with E-state index >= 15 is 0 Å². The molecule has 1 aromatic carbocycles. The summed E-state index contributed by atoms with van der Waals surface area (Å²) in [6.07, 6.45) is 2.29. The Labute approximate surface area is 114 Å². The number of fused-ring (bicyclic) bond motifs is 1. The van der Waals surface area contributed by atoms with Crippen molar-refractivity contribution in [2.75, 3.05) is 33.0 Å². The lowest BCUT2D eigenvalue weighted by molar-refractivity contribution is 0.0705. The third-order valence-corrected chi connectivity index (χ3v) is 3.37. The van der Waals surface area contributed by atoms with E-state index in [1.54, 1.807) is 0 Å². The van der Waals surface area contributed by atoms with E-state index < -0.39 is 0 Å². The second-order valence-electron chi connectivity index (χ2n) is 4.69. The van der Waals surface area contributed by atoms with Gasteiger partial charge in [0.1, 0.15) is 12.4 Å². The molecule has 2 rings (SSSR count). The van der Waals surface area contributed by atoms with Gasteiger partial charge < -0.3 is 19.9 Å². The molecule has 0 aromatic heterocycles. The average Bonchev–Trinajstić information content (AvgIpc) is 2.82. The van der Waals surface area contributed by atoms with Crippen molar-refractivity contribution in [1.29, 1.82) is 0 Å². The highest BCUT2D eigenvalue weighted by Crippen LogP contribution is 2.33. The van der Waals surface area contributed by atoms with Crippen LogP contribution in [0.25, 0.3) is 0 Å². The molecule has 0 fully saturated rings. The third kappa shape index (κ3) is 3.93. The van der Waals surface area contributed by atoms with Gasteiger partial charge in [-0.3, -0.25) is 0 Å². The molecule has 0 spiro atoms. The van der Waals surface area contributed by atoms with E-state index in [9.17, 15) is 0 Å². The zero-order chi connectivity index (χ0) is 13.5. The van der Waals surface area contributed by atoms with Crippen LogP contribution in [-0.4, -0.2) is 38.1 Å². The summed E-state index contributed by atoms with van der Waals surface area (Å²) in [5, 5.41) is 12.1. The Morgan fingerprint density at radius 3 is 3.00 bits per heavy atom. The lowest BCUT2D eigenvalue weighted by atomic mass is 10.1. The van der Waals surface area contributed by atoms with Crippen molar-refractivity contribution in [2.45, 2.75) is 25.8 Å². The van der Waals surface area contributed by atoms with E-state index in [0.29, 0.717) is 25.9 Å². The van der Waals surface area contributed by atoms with Crippen molar-refractivity contribution >= 4 is 0 Å². The summed E-state index contributed by atoms with van der Waals surface area (Å²) in [7, 11) is 0. The van der Waals surface area contributed by atoms with Crippen LogP contribution in [0.3, 0.4) is 0 Å². The Bertz CT molecular complexity index is 395. The monoisotopic (exact) mass is 265 g/mol. The Morgan fingerprint density at radius 2 is 2.21 bits per heavy atom. The number of hydrogen-bond acceptors (Lipinski definition) is 4. The van der Waals surface area contributed by atoms with Crippen LogP contribution in [0.2, 0.25) is 0 Å². The van der Waals surface area contributed by atoms with Gasteiger partial charge in [-0.15, -0.1) is 0 Å². The zero-order valence-electron chi connectivity index (χ0n) is 11.5. The van der Waals surface area contributed by atoms with Crippen molar-refractivity contribution in [3.05, 3.63) is 29.3 Å². The number of aliphatic hydroxyl groups is 1. The van der Waals surface area contributed by atoms with Gasteiger partial charge in [0.25, 0.3) is 0 Å². The highest BCUT2D eigenvalue weighted by atomic mass is 16.5. The molecule has 1 aromatic rings. The van der Waals surface area contributed by atoms with E-state index in [1.807, 2.05) is 6.07 Å². The van der Waals surface area contributed by atoms with Crippen molar-refractivity contribution in [3.8, 4) is 5.75 Å². The van der Waals surface area contributed by atoms with Crippen LogP contribution in [0.5, 0.6) is 5.75 Å². The Balaban J connectivity index is 1.84. The van der Waals surface area contributed by atoms with Crippen LogP contribution >= 0.6 is 0 Å². The number of aryl methyl sites for hydroxylation is 1. The molecule has 0 heterocycles. The summed E-state index contributed by atoms with van der Waals surface area (Å²) in [6.45, 7) is 4.61. The van der Waals surface area contributed by atoms with Gasteiger partial charge in [-0.05, 0) is 42.6 Å². The predicted molar refractivity (Wildman–Crippen MR) is 74.6 cm³/mol. The first-order chi connectivity index (χ1) is 9.35. The van der Waals surface area contributed by atoms with Gasteiger partial charge in [-0.1, -0.05) is 13.0 Å². The van der Waals surface area contributed by atoms with Crippen LogP contribution < -0.4 is 10.1 Å². The maximum absolute atomic E-state index is 8.59. The number of ether oxygens (including phenoxy) is 2. The third-order valence-electron chi connectivity index (χ3n) is 3.37. The quantitative estimate of drug-likeness (QED) is 0.702. The van der Waals surface area contributed by atoms with Crippen molar-refractivity contribution < 1.29 is 14.6 Å². The fourth-order valence-electron chi connectivity index (χ4n) is 2.53. The second kappa shape index (κ2) is 7.48. The predicted octanol–water partition coefficient (Wildman–Crippen LogP) is 1.67. The number of aliphatic hydroxyl groups excluding tert-OH is 1. The summed E-state index contributed by atoms with van der Waals surface area (Å²) in [6, 6.07) is 6.83. The van der Waals surface area contributed by atoms with Crippen molar-refractivity contribution in [2.24, 2.45) is 0 Å². The van der Waals surface area contributed by atoms with Gasteiger partial charge in [-0.2, -0.15) is 0 Å². The standard InChI is InChI=1S/C15H23NO3/c1-2-16-15-6-3-12-11-13(4-5-14(12)15)19-10-9-18-8-7-17/h4-5,11,15-17H,2-3,6-10H2,1H3. The smallest absolute Gasteiger partial charge is 0.119 e. The maximum Gasteiger partial charge on any atom is 0.119 e. The molecule has 4 nitrogen and oxygen atoms in total. The lowest BCUT2D eigenvalue weighted by Gasteiger charge is -2.13. The molecule has 0 amide bonds. The molecule has 2 N–H and O–H groups in total. The van der Waals surface area contributed by atoms with E-state index in [4.69, 9.17) is 14.6 Å². The molecule has 4 heteroatoms.